The molecule has 0 radical (unpaired) electrons. The number of fused-ring (bicyclic) bond motifs is 1. The van der Waals surface area contributed by atoms with Gasteiger partial charge in [0.15, 0.2) is 6.10 Å². The van der Waals surface area contributed by atoms with Crippen LogP contribution in [0.1, 0.15) is 17.2 Å². The van der Waals surface area contributed by atoms with Gasteiger partial charge in [-0.25, -0.2) is 5.06 Å². The second kappa shape index (κ2) is 7.59. The van der Waals surface area contributed by atoms with Crippen molar-refractivity contribution in [2.75, 3.05) is 5.06 Å². The lowest BCUT2D eigenvalue weighted by Crippen LogP contribution is -2.37. The minimum absolute atomic E-state index is 0.232. The molecule has 5 nitrogen and oxygen atoms in total. The van der Waals surface area contributed by atoms with Crippen molar-refractivity contribution in [3.63, 3.8) is 0 Å². The van der Waals surface area contributed by atoms with E-state index in [9.17, 15) is 9.59 Å². The van der Waals surface area contributed by atoms with Crippen molar-refractivity contribution in [1.82, 2.24) is 4.90 Å². The lowest BCUT2D eigenvalue weighted by atomic mass is 9.90. The number of benzene rings is 3. The molecule has 2 amide bonds. The van der Waals surface area contributed by atoms with E-state index in [1.807, 2.05) is 78.9 Å². The third-order valence-corrected chi connectivity index (χ3v) is 5.97. The second-order valence-corrected chi connectivity index (χ2v) is 7.83. The van der Waals surface area contributed by atoms with Gasteiger partial charge in [0.05, 0.1) is 18.3 Å². The Kier molecular flexibility index (Phi) is 4.77. The largest absolute Gasteiger partial charge is 0.275 e. The van der Waals surface area contributed by atoms with E-state index in [0.717, 1.165) is 16.8 Å². The fourth-order valence-corrected chi connectivity index (χ4v) is 4.47. The van der Waals surface area contributed by atoms with Crippen LogP contribution in [0.5, 0.6) is 0 Å². The van der Waals surface area contributed by atoms with Gasteiger partial charge < -0.3 is 0 Å². The third kappa shape index (κ3) is 3.07. The van der Waals surface area contributed by atoms with Crippen LogP contribution in [0, 0.1) is 5.92 Å². The van der Waals surface area contributed by atoms with Crippen molar-refractivity contribution in [3.05, 3.63) is 101 Å². The molecule has 6 heteroatoms. The van der Waals surface area contributed by atoms with Crippen molar-refractivity contribution < 1.29 is 14.4 Å². The minimum atomic E-state index is -0.873. The Balaban J connectivity index is 1.54. The molecular formula is C24H19ClN2O3. The lowest BCUT2D eigenvalue weighted by Gasteiger charge is -2.29. The van der Waals surface area contributed by atoms with E-state index in [4.69, 9.17) is 16.4 Å². The number of hydrogen-bond acceptors (Lipinski definition) is 4. The number of anilines is 1. The van der Waals surface area contributed by atoms with E-state index >= 15 is 0 Å². The molecule has 30 heavy (non-hydrogen) atoms. The van der Waals surface area contributed by atoms with Crippen molar-refractivity contribution >= 4 is 29.1 Å². The van der Waals surface area contributed by atoms with E-state index in [-0.39, 0.29) is 18.4 Å². The lowest BCUT2D eigenvalue weighted by molar-refractivity contribution is -0.143. The molecule has 3 aromatic carbocycles. The maximum absolute atomic E-state index is 13.4. The average molecular weight is 419 g/mol. The minimum Gasteiger partial charge on any atom is -0.275 e. The van der Waals surface area contributed by atoms with E-state index in [0.29, 0.717) is 5.02 Å². The number of rotatable bonds is 4. The van der Waals surface area contributed by atoms with Gasteiger partial charge in [0.2, 0.25) is 5.91 Å². The van der Waals surface area contributed by atoms with Crippen LogP contribution in [0.2, 0.25) is 5.02 Å². The summed E-state index contributed by atoms with van der Waals surface area (Å²) in [5.41, 5.74) is 2.43. The van der Waals surface area contributed by atoms with Crippen LogP contribution >= 0.6 is 11.6 Å². The monoisotopic (exact) mass is 418 g/mol. The van der Waals surface area contributed by atoms with Crippen LogP contribution in [-0.2, 0) is 21.0 Å². The molecule has 3 unspecified atom stereocenters. The maximum Gasteiger partial charge on any atom is 0.262 e. The Labute approximate surface area is 179 Å². The van der Waals surface area contributed by atoms with Crippen LogP contribution in [0.3, 0.4) is 0 Å². The van der Waals surface area contributed by atoms with Crippen LogP contribution < -0.4 is 5.06 Å². The Morgan fingerprint density at radius 3 is 2.13 bits per heavy atom. The molecule has 0 N–H and O–H groups in total. The Morgan fingerprint density at radius 1 is 0.800 bits per heavy atom. The summed E-state index contributed by atoms with van der Waals surface area (Å²) in [5.74, 6) is -1.22. The number of para-hydroxylation sites is 1. The molecule has 5 rings (SSSR count). The Hall–Kier alpha value is -3.15. The molecule has 3 atom stereocenters. The first-order valence-corrected chi connectivity index (χ1v) is 10.2. The van der Waals surface area contributed by atoms with Gasteiger partial charge in [-0.15, -0.1) is 0 Å². The standard InChI is InChI=1S/C24H19ClN2O3/c25-19-14-8-7-13-18(19)21-20-22(30-27(21)17-11-5-2-6-12-17)24(29)26(23(20)28)15-16-9-3-1-4-10-16/h1-14,20-22H,15H2. The summed E-state index contributed by atoms with van der Waals surface area (Å²) in [6, 6.07) is 25.8. The van der Waals surface area contributed by atoms with Gasteiger partial charge in [0.1, 0.15) is 5.92 Å². The molecule has 3 aromatic rings. The first-order chi connectivity index (χ1) is 14.6. The predicted molar refractivity (Wildman–Crippen MR) is 113 cm³/mol. The number of nitrogens with zero attached hydrogens (tertiary/aromatic N) is 2. The quantitative estimate of drug-likeness (QED) is 0.590. The normalized spacial score (nSPS) is 23.2. The van der Waals surface area contributed by atoms with Gasteiger partial charge >= 0.3 is 0 Å². The molecule has 150 valence electrons. The van der Waals surface area contributed by atoms with Crippen LogP contribution in [-0.4, -0.2) is 22.8 Å². The molecule has 0 spiro atoms. The van der Waals surface area contributed by atoms with Crippen molar-refractivity contribution in [1.29, 1.82) is 0 Å². The Morgan fingerprint density at radius 2 is 1.43 bits per heavy atom. The molecule has 2 fully saturated rings. The first-order valence-electron chi connectivity index (χ1n) is 9.80. The topological polar surface area (TPSA) is 49.9 Å². The third-order valence-electron chi connectivity index (χ3n) is 5.62. The highest BCUT2D eigenvalue weighted by Crippen LogP contribution is 2.48. The Bertz CT molecular complexity index is 1090. The smallest absolute Gasteiger partial charge is 0.262 e. The number of imide groups is 1. The number of amides is 2. The summed E-state index contributed by atoms with van der Waals surface area (Å²) in [5, 5.41) is 2.20. The molecule has 2 aliphatic heterocycles. The molecule has 0 aliphatic carbocycles. The molecule has 0 aromatic heterocycles. The highest BCUT2D eigenvalue weighted by molar-refractivity contribution is 6.31. The molecule has 2 aliphatic rings. The summed E-state index contributed by atoms with van der Waals surface area (Å²) >= 11 is 6.51. The van der Waals surface area contributed by atoms with E-state index in [2.05, 4.69) is 0 Å². The molecule has 0 saturated carbocycles. The van der Waals surface area contributed by atoms with E-state index in [1.54, 1.807) is 11.1 Å². The highest BCUT2D eigenvalue weighted by Gasteiger charge is 2.60. The number of hydroxylamine groups is 1. The summed E-state index contributed by atoms with van der Waals surface area (Å²) in [6.45, 7) is 0.232. The van der Waals surface area contributed by atoms with Gasteiger partial charge in [-0.3, -0.25) is 19.3 Å². The number of hydrogen-bond donors (Lipinski definition) is 0. The van der Waals surface area contributed by atoms with Crippen molar-refractivity contribution in [2.45, 2.75) is 18.7 Å². The van der Waals surface area contributed by atoms with E-state index < -0.39 is 18.1 Å². The summed E-state index contributed by atoms with van der Waals surface area (Å²) < 4.78 is 0. The molecular weight excluding hydrogens is 400 g/mol. The zero-order chi connectivity index (χ0) is 20.7. The number of likely N-dealkylation sites (tertiary alicyclic amines) is 1. The molecule has 2 saturated heterocycles. The fourth-order valence-electron chi connectivity index (χ4n) is 4.22. The number of carbonyl (C=O) groups excluding carboxylic acids is 2. The zero-order valence-corrected chi connectivity index (χ0v) is 16.8. The first kappa shape index (κ1) is 18.9. The highest BCUT2D eigenvalue weighted by atomic mass is 35.5. The molecule has 0 bridgehead atoms. The van der Waals surface area contributed by atoms with Gasteiger partial charge in [-0.2, -0.15) is 0 Å². The zero-order valence-electron chi connectivity index (χ0n) is 16.0. The summed E-state index contributed by atoms with van der Waals surface area (Å²) in [6.07, 6.45) is -0.873. The predicted octanol–water partition coefficient (Wildman–Crippen LogP) is 4.39. The van der Waals surface area contributed by atoms with Crippen molar-refractivity contribution in [3.8, 4) is 0 Å². The van der Waals surface area contributed by atoms with Gasteiger partial charge in [0.25, 0.3) is 5.91 Å². The SMILES string of the molecule is O=C1C2ON(c3ccccc3)C(c3ccccc3Cl)C2C(=O)N1Cc1ccccc1. The van der Waals surface area contributed by atoms with Crippen LogP contribution in [0.25, 0.3) is 0 Å². The number of halogens is 1. The average Bonchev–Trinajstić information content (AvgIpc) is 3.27. The summed E-state index contributed by atoms with van der Waals surface area (Å²) in [4.78, 5) is 34.0. The summed E-state index contributed by atoms with van der Waals surface area (Å²) in [7, 11) is 0. The van der Waals surface area contributed by atoms with E-state index in [1.165, 1.54) is 4.90 Å². The van der Waals surface area contributed by atoms with Gasteiger partial charge in [0, 0.05) is 5.02 Å². The second-order valence-electron chi connectivity index (χ2n) is 7.43. The van der Waals surface area contributed by atoms with Crippen LogP contribution in [0.15, 0.2) is 84.9 Å². The molecule has 2 heterocycles. The van der Waals surface area contributed by atoms with Crippen molar-refractivity contribution in [2.24, 2.45) is 5.92 Å². The fraction of sp³-hybridized carbons (Fsp3) is 0.167. The van der Waals surface area contributed by atoms with Gasteiger partial charge in [-0.05, 0) is 29.3 Å². The van der Waals surface area contributed by atoms with Gasteiger partial charge in [-0.1, -0.05) is 78.3 Å². The maximum atomic E-state index is 13.4. The van der Waals surface area contributed by atoms with Crippen LogP contribution in [0.4, 0.5) is 5.69 Å². The number of carbonyl (C=O) groups is 2.